The van der Waals surface area contributed by atoms with E-state index in [0.29, 0.717) is 17.2 Å². The fourth-order valence-electron chi connectivity index (χ4n) is 1.38. The van der Waals surface area contributed by atoms with Crippen LogP contribution in [0, 0.1) is 11.3 Å². The number of rotatable bonds is 2. The molecule has 0 amide bonds. The van der Waals surface area contributed by atoms with Crippen molar-refractivity contribution in [3.8, 4) is 11.9 Å². The lowest BCUT2D eigenvalue weighted by Crippen LogP contribution is -2.14. The monoisotopic (exact) mass is 265 g/mol. The Bertz CT molecular complexity index is 567. The van der Waals surface area contributed by atoms with E-state index >= 15 is 0 Å². The fraction of sp³-hybridized carbons (Fsp3) is 0.200. The van der Waals surface area contributed by atoms with E-state index in [1.807, 2.05) is 6.07 Å². The van der Waals surface area contributed by atoms with Crippen LogP contribution in [-0.4, -0.2) is 19.7 Å². The number of nitriles is 1. The van der Waals surface area contributed by atoms with Gasteiger partial charge < -0.3 is 11.5 Å². The van der Waals surface area contributed by atoms with Crippen LogP contribution in [0.4, 0.5) is 5.95 Å². The van der Waals surface area contributed by atoms with Gasteiger partial charge in [0.25, 0.3) is 0 Å². The van der Waals surface area contributed by atoms with Gasteiger partial charge >= 0.3 is 0 Å². The number of anilines is 1. The van der Waals surface area contributed by atoms with E-state index in [2.05, 4.69) is 15.1 Å². The highest BCUT2D eigenvalue weighted by molar-refractivity contribution is 5.85. The molecule has 7 nitrogen and oxygen atoms in total. The first-order valence-corrected chi connectivity index (χ1v) is 4.96. The second-order valence-electron chi connectivity index (χ2n) is 3.55. The van der Waals surface area contributed by atoms with Gasteiger partial charge in [-0.15, -0.1) is 17.5 Å². The molecule has 0 spiro atoms. The topological polar surface area (TPSA) is 119 Å². The van der Waals surface area contributed by atoms with Gasteiger partial charge in [-0.05, 0) is 19.1 Å². The number of halogens is 1. The van der Waals surface area contributed by atoms with Crippen molar-refractivity contribution in [3.05, 3.63) is 29.7 Å². The van der Waals surface area contributed by atoms with Crippen molar-refractivity contribution in [1.82, 2.24) is 19.7 Å². The minimum absolute atomic E-state index is 0. The predicted molar refractivity (Wildman–Crippen MR) is 68.1 cm³/mol. The zero-order valence-electron chi connectivity index (χ0n) is 9.61. The summed E-state index contributed by atoms with van der Waals surface area (Å²) >= 11 is 0. The number of nitrogens with zero attached hydrogens (tertiary/aromatic N) is 5. The second kappa shape index (κ2) is 5.44. The lowest BCUT2D eigenvalue weighted by Gasteiger charge is -2.06. The van der Waals surface area contributed by atoms with Gasteiger partial charge in [-0.1, -0.05) is 0 Å². The number of aromatic nitrogens is 4. The van der Waals surface area contributed by atoms with E-state index in [4.69, 9.17) is 16.7 Å². The van der Waals surface area contributed by atoms with Crippen molar-refractivity contribution in [2.75, 3.05) is 5.73 Å². The lowest BCUT2D eigenvalue weighted by molar-refractivity contribution is 0.681. The summed E-state index contributed by atoms with van der Waals surface area (Å²) in [5.41, 5.74) is 11.8. The van der Waals surface area contributed by atoms with Gasteiger partial charge in [0.2, 0.25) is 5.95 Å². The molecule has 18 heavy (non-hydrogen) atoms. The summed E-state index contributed by atoms with van der Waals surface area (Å²) in [6, 6.07) is 4.99. The van der Waals surface area contributed by atoms with Gasteiger partial charge in [-0.2, -0.15) is 14.9 Å². The Morgan fingerprint density at radius 2 is 2.17 bits per heavy atom. The van der Waals surface area contributed by atoms with Crippen molar-refractivity contribution in [3.63, 3.8) is 0 Å². The molecule has 2 heterocycles. The van der Waals surface area contributed by atoms with E-state index < -0.39 is 0 Å². The average Bonchev–Trinajstić information content (AvgIpc) is 2.72. The van der Waals surface area contributed by atoms with Crippen LogP contribution in [0.3, 0.4) is 0 Å². The maximum absolute atomic E-state index is 8.68. The van der Waals surface area contributed by atoms with E-state index in [9.17, 15) is 0 Å². The molecule has 8 heteroatoms. The molecule has 0 bridgehead atoms. The highest BCUT2D eigenvalue weighted by Crippen LogP contribution is 2.13. The Labute approximate surface area is 110 Å². The third-order valence-electron chi connectivity index (χ3n) is 2.15. The molecule has 0 aliphatic heterocycles. The summed E-state index contributed by atoms with van der Waals surface area (Å²) < 4.78 is 1.47. The maximum Gasteiger partial charge on any atom is 0.240 e. The van der Waals surface area contributed by atoms with Crippen molar-refractivity contribution in [2.24, 2.45) is 5.73 Å². The minimum Gasteiger partial charge on any atom is -0.366 e. The molecule has 0 saturated heterocycles. The van der Waals surface area contributed by atoms with Crippen LogP contribution in [0.1, 0.15) is 24.4 Å². The van der Waals surface area contributed by atoms with Gasteiger partial charge in [-0.25, -0.2) is 4.98 Å². The van der Waals surface area contributed by atoms with Crippen LogP contribution in [0.25, 0.3) is 5.82 Å². The molecule has 1 unspecified atom stereocenters. The largest absolute Gasteiger partial charge is 0.366 e. The van der Waals surface area contributed by atoms with Crippen molar-refractivity contribution < 1.29 is 0 Å². The molecular formula is C10H12ClN7. The molecule has 1 atom stereocenters. The zero-order chi connectivity index (χ0) is 12.4. The third-order valence-corrected chi connectivity index (χ3v) is 2.15. The summed E-state index contributed by atoms with van der Waals surface area (Å²) in [7, 11) is 0. The average molecular weight is 266 g/mol. The number of hydrogen-bond donors (Lipinski definition) is 2. The molecule has 2 aromatic heterocycles. The zero-order valence-corrected chi connectivity index (χ0v) is 10.4. The first-order valence-electron chi connectivity index (χ1n) is 4.96. The van der Waals surface area contributed by atoms with Crippen LogP contribution in [0.15, 0.2) is 18.3 Å². The molecule has 0 aliphatic rings. The normalized spacial score (nSPS) is 11.4. The highest BCUT2D eigenvalue weighted by atomic mass is 35.5. The first kappa shape index (κ1) is 13.9. The molecular weight excluding hydrogens is 254 g/mol. The first-order chi connectivity index (χ1) is 8.11. The van der Waals surface area contributed by atoms with Crippen molar-refractivity contribution in [1.29, 1.82) is 5.26 Å². The molecule has 2 aromatic rings. The quantitative estimate of drug-likeness (QED) is 0.819. The molecule has 0 saturated carbocycles. The van der Waals surface area contributed by atoms with E-state index in [-0.39, 0.29) is 24.4 Å². The van der Waals surface area contributed by atoms with Crippen molar-refractivity contribution >= 4 is 18.4 Å². The van der Waals surface area contributed by atoms with E-state index in [1.54, 1.807) is 19.1 Å². The standard InChI is InChI=1S/C10H11N7.ClH/c1-6(12)9-15-10(13)16-17(9)8-3-2-7(4-11)5-14-8;/h2-3,5-6H,12H2,1H3,(H2,13,16);1H. The number of nitrogen functional groups attached to an aromatic ring is 1. The molecule has 0 fully saturated rings. The Hall–Kier alpha value is -2.17. The van der Waals surface area contributed by atoms with Gasteiger partial charge in [0, 0.05) is 6.20 Å². The summed E-state index contributed by atoms with van der Waals surface area (Å²) in [5, 5.41) is 12.7. The lowest BCUT2D eigenvalue weighted by atomic mass is 10.3. The second-order valence-corrected chi connectivity index (χ2v) is 3.55. The number of pyridine rings is 1. The number of hydrogen-bond acceptors (Lipinski definition) is 6. The molecule has 0 aliphatic carbocycles. The molecule has 4 N–H and O–H groups in total. The number of nitrogens with two attached hydrogens (primary N) is 2. The Kier molecular flexibility index (Phi) is 4.20. The summed E-state index contributed by atoms with van der Waals surface area (Å²) in [5.74, 6) is 1.20. The highest BCUT2D eigenvalue weighted by Gasteiger charge is 2.14. The van der Waals surface area contributed by atoms with Gasteiger partial charge in [0.1, 0.15) is 6.07 Å². The summed E-state index contributed by atoms with van der Waals surface area (Å²) in [4.78, 5) is 8.13. The van der Waals surface area contributed by atoms with Gasteiger partial charge in [0.15, 0.2) is 11.6 Å². The van der Waals surface area contributed by atoms with Crippen LogP contribution < -0.4 is 11.5 Å². The fourth-order valence-corrected chi connectivity index (χ4v) is 1.38. The smallest absolute Gasteiger partial charge is 0.240 e. The van der Waals surface area contributed by atoms with Crippen LogP contribution in [-0.2, 0) is 0 Å². The van der Waals surface area contributed by atoms with Crippen LogP contribution in [0.5, 0.6) is 0 Å². The summed E-state index contributed by atoms with van der Waals surface area (Å²) in [6.07, 6.45) is 1.46. The SMILES string of the molecule is CC(N)c1nc(N)nn1-c1ccc(C#N)cn1.Cl. The third kappa shape index (κ3) is 2.56. The minimum atomic E-state index is -0.308. The molecule has 94 valence electrons. The maximum atomic E-state index is 8.68. The summed E-state index contributed by atoms with van der Waals surface area (Å²) in [6.45, 7) is 1.78. The van der Waals surface area contributed by atoms with Crippen molar-refractivity contribution in [2.45, 2.75) is 13.0 Å². The van der Waals surface area contributed by atoms with E-state index in [1.165, 1.54) is 10.9 Å². The molecule has 0 radical (unpaired) electrons. The Morgan fingerprint density at radius 3 is 2.67 bits per heavy atom. The van der Waals surface area contributed by atoms with Gasteiger partial charge in [0.05, 0.1) is 11.6 Å². The molecule has 0 aromatic carbocycles. The Balaban J connectivity index is 0.00000162. The predicted octanol–water partition coefficient (Wildman–Crippen LogP) is 0.558. The van der Waals surface area contributed by atoms with E-state index in [0.717, 1.165) is 0 Å². The van der Waals surface area contributed by atoms with Crippen LogP contribution in [0.2, 0.25) is 0 Å². The van der Waals surface area contributed by atoms with Gasteiger partial charge in [-0.3, -0.25) is 0 Å². The van der Waals surface area contributed by atoms with Crippen LogP contribution >= 0.6 is 12.4 Å². The Morgan fingerprint density at radius 1 is 1.44 bits per heavy atom. The molecule has 2 rings (SSSR count).